The van der Waals surface area contributed by atoms with Crippen LogP contribution < -0.4 is 0 Å². The van der Waals surface area contributed by atoms with E-state index in [2.05, 4.69) is 0 Å². The van der Waals surface area contributed by atoms with E-state index in [9.17, 15) is 14.9 Å². The van der Waals surface area contributed by atoms with Crippen LogP contribution in [0.1, 0.15) is 16.8 Å². The third-order valence-electron chi connectivity index (χ3n) is 2.57. The predicted octanol–water partition coefficient (Wildman–Crippen LogP) is 3.22. The Labute approximate surface area is 104 Å². The van der Waals surface area contributed by atoms with Gasteiger partial charge in [0.25, 0.3) is 5.69 Å². The standard InChI is InChI=1S/C14H11NO3/c16-14(9-8-11-4-1-2-5-11)12-6-3-7-13(10-12)15(17)18/h1,3-10H,2H2/b9-8+. The average molecular weight is 241 g/mol. The number of benzene rings is 1. The third kappa shape index (κ3) is 2.79. The number of nitrogens with zero attached hydrogens (tertiary/aromatic N) is 1. The molecule has 0 fully saturated rings. The number of allylic oxidation sites excluding steroid dienone is 6. The fraction of sp³-hybridized carbons (Fsp3) is 0.0714. The average Bonchev–Trinajstić information content (AvgIpc) is 2.89. The summed E-state index contributed by atoms with van der Waals surface area (Å²) in [6, 6.07) is 5.72. The van der Waals surface area contributed by atoms with E-state index in [0.29, 0.717) is 5.56 Å². The van der Waals surface area contributed by atoms with Crippen molar-refractivity contribution < 1.29 is 9.72 Å². The van der Waals surface area contributed by atoms with E-state index in [4.69, 9.17) is 0 Å². The van der Waals surface area contributed by atoms with Gasteiger partial charge >= 0.3 is 0 Å². The highest BCUT2D eigenvalue weighted by atomic mass is 16.6. The third-order valence-corrected chi connectivity index (χ3v) is 2.57. The Hall–Kier alpha value is -2.49. The lowest BCUT2D eigenvalue weighted by atomic mass is 10.1. The lowest BCUT2D eigenvalue weighted by Crippen LogP contribution is -1.96. The number of nitro groups is 1. The Morgan fingerprint density at radius 1 is 1.39 bits per heavy atom. The van der Waals surface area contributed by atoms with E-state index in [1.54, 1.807) is 12.1 Å². The Balaban J connectivity index is 2.16. The maximum atomic E-state index is 11.8. The van der Waals surface area contributed by atoms with Gasteiger partial charge in [0.1, 0.15) is 0 Å². The summed E-state index contributed by atoms with van der Waals surface area (Å²) >= 11 is 0. The lowest BCUT2D eigenvalue weighted by molar-refractivity contribution is -0.384. The number of hydrogen-bond acceptors (Lipinski definition) is 3. The first-order valence-electron chi connectivity index (χ1n) is 5.50. The topological polar surface area (TPSA) is 60.2 Å². The second-order valence-corrected chi connectivity index (χ2v) is 3.85. The summed E-state index contributed by atoms with van der Waals surface area (Å²) in [5.41, 5.74) is 1.23. The molecule has 4 heteroatoms. The molecule has 4 nitrogen and oxygen atoms in total. The second kappa shape index (κ2) is 5.23. The molecule has 0 saturated carbocycles. The lowest BCUT2D eigenvalue weighted by Gasteiger charge is -1.96. The normalized spacial score (nSPS) is 13.9. The fourth-order valence-electron chi connectivity index (χ4n) is 1.64. The molecule has 1 aliphatic carbocycles. The number of non-ortho nitro benzene ring substituents is 1. The molecule has 0 saturated heterocycles. The molecular weight excluding hydrogens is 230 g/mol. The predicted molar refractivity (Wildman–Crippen MR) is 68.4 cm³/mol. The van der Waals surface area contributed by atoms with Crippen LogP contribution in [0.15, 0.2) is 60.2 Å². The summed E-state index contributed by atoms with van der Waals surface area (Å²) in [4.78, 5) is 21.9. The maximum Gasteiger partial charge on any atom is 0.270 e. The van der Waals surface area contributed by atoms with Crippen LogP contribution in [0.25, 0.3) is 0 Å². The number of rotatable bonds is 4. The van der Waals surface area contributed by atoms with Crippen molar-refractivity contribution in [2.45, 2.75) is 6.42 Å². The van der Waals surface area contributed by atoms with Crippen molar-refractivity contribution in [2.24, 2.45) is 0 Å². The molecular formula is C14H11NO3. The minimum Gasteiger partial charge on any atom is -0.289 e. The largest absolute Gasteiger partial charge is 0.289 e. The monoisotopic (exact) mass is 241 g/mol. The maximum absolute atomic E-state index is 11.8. The van der Waals surface area contributed by atoms with E-state index >= 15 is 0 Å². The van der Waals surface area contributed by atoms with Crippen molar-refractivity contribution in [3.8, 4) is 0 Å². The first-order chi connectivity index (χ1) is 8.66. The van der Waals surface area contributed by atoms with Crippen molar-refractivity contribution in [2.75, 3.05) is 0 Å². The van der Waals surface area contributed by atoms with E-state index in [-0.39, 0.29) is 11.5 Å². The number of carbonyl (C=O) groups excluding carboxylic acids is 1. The van der Waals surface area contributed by atoms with Gasteiger partial charge in [-0.3, -0.25) is 14.9 Å². The van der Waals surface area contributed by atoms with Crippen molar-refractivity contribution in [1.82, 2.24) is 0 Å². The van der Waals surface area contributed by atoms with Gasteiger partial charge in [-0.25, -0.2) is 0 Å². The summed E-state index contributed by atoms with van der Waals surface area (Å²) in [5, 5.41) is 10.6. The molecule has 90 valence electrons. The molecule has 0 unspecified atom stereocenters. The summed E-state index contributed by atoms with van der Waals surface area (Å²) in [6.07, 6.45) is 9.95. The van der Waals surface area contributed by atoms with Crippen LogP contribution in [0.5, 0.6) is 0 Å². The molecule has 0 aromatic heterocycles. The van der Waals surface area contributed by atoms with E-state index in [1.165, 1.54) is 24.3 Å². The highest BCUT2D eigenvalue weighted by molar-refractivity contribution is 6.05. The van der Waals surface area contributed by atoms with Crippen molar-refractivity contribution >= 4 is 11.5 Å². The van der Waals surface area contributed by atoms with Crippen LogP contribution in [-0.4, -0.2) is 10.7 Å². The number of hydrogen-bond donors (Lipinski definition) is 0. The first-order valence-corrected chi connectivity index (χ1v) is 5.50. The number of nitro benzene ring substituents is 1. The van der Waals surface area contributed by atoms with Gasteiger partial charge < -0.3 is 0 Å². The van der Waals surface area contributed by atoms with Gasteiger partial charge in [0.05, 0.1) is 4.92 Å². The van der Waals surface area contributed by atoms with Crippen molar-refractivity contribution in [3.63, 3.8) is 0 Å². The molecule has 1 aromatic rings. The Bertz CT molecular complexity index is 582. The van der Waals surface area contributed by atoms with E-state index in [1.807, 2.05) is 18.2 Å². The van der Waals surface area contributed by atoms with Gasteiger partial charge in [-0.2, -0.15) is 0 Å². The van der Waals surface area contributed by atoms with Crippen molar-refractivity contribution in [3.05, 3.63) is 75.9 Å². The highest BCUT2D eigenvalue weighted by Crippen LogP contribution is 2.15. The van der Waals surface area contributed by atoms with Gasteiger partial charge in [-0.05, 0) is 18.1 Å². The van der Waals surface area contributed by atoms with Crippen LogP contribution in [-0.2, 0) is 0 Å². The Morgan fingerprint density at radius 3 is 2.89 bits per heavy atom. The second-order valence-electron chi connectivity index (χ2n) is 3.85. The minimum absolute atomic E-state index is 0.0748. The first kappa shape index (κ1) is 12.0. The molecule has 0 radical (unpaired) electrons. The van der Waals surface area contributed by atoms with Gasteiger partial charge in [-0.1, -0.05) is 36.4 Å². The fourth-order valence-corrected chi connectivity index (χ4v) is 1.64. The van der Waals surface area contributed by atoms with Crippen LogP contribution >= 0.6 is 0 Å². The highest BCUT2D eigenvalue weighted by Gasteiger charge is 2.09. The minimum atomic E-state index is -0.511. The molecule has 1 aliphatic rings. The molecule has 0 aliphatic heterocycles. The van der Waals surface area contributed by atoms with Gasteiger partial charge in [0.15, 0.2) is 5.78 Å². The molecule has 0 N–H and O–H groups in total. The van der Waals surface area contributed by atoms with Gasteiger partial charge in [0.2, 0.25) is 0 Å². The van der Waals surface area contributed by atoms with Gasteiger partial charge in [0, 0.05) is 17.7 Å². The number of ketones is 1. The molecule has 0 bridgehead atoms. The van der Waals surface area contributed by atoms with Crippen LogP contribution in [0.4, 0.5) is 5.69 Å². The van der Waals surface area contributed by atoms with Crippen LogP contribution in [0.3, 0.4) is 0 Å². The van der Waals surface area contributed by atoms with Crippen LogP contribution in [0, 0.1) is 10.1 Å². The SMILES string of the molecule is O=C(/C=C/C1=CCC=C1)c1cccc([N+](=O)[O-])c1. The molecule has 1 aromatic carbocycles. The molecule has 0 spiro atoms. The summed E-state index contributed by atoms with van der Waals surface area (Å²) < 4.78 is 0. The van der Waals surface area contributed by atoms with Crippen molar-refractivity contribution in [1.29, 1.82) is 0 Å². The zero-order valence-electron chi connectivity index (χ0n) is 9.58. The van der Waals surface area contributed by atoms with E-state index in [0.717, 1.165) is 12.0 Å². The van der Waals surface area contributed by atoms with E-state index < -0.39 is 4.92 Å². The number of carbonyl (C=O) groups is 1. The molecule has 0 heterocycles. The summed E-state index contributed by atoms with van der Waals surface area (Å²) in [6.45, 7) is 0. The summed E-state index contributed by atoms with van der Waals surface area (Å²) in [7, 11) is 0. The smallest absolute Gasteiger partial charge is 0.270 e. The zero-order chi connectivity index (χ0) is 13.0. The summed E-state index contributed by atoms with van der Waals surface area (Å²) in [5.74, 6) is -0.236. The molecule has 18 heavy (non-hydrogen) atoms. The van der Waals surface area contributed by atoms with Gasteiger partial charge in [-0.15, -0.1) is 0 Å². The Kier molecular flexibility index (Phi) is 3.48. The zero-order valence-corrected chi connectivity index (χ0v) is 9.58. The Morgan fingerprint density at radius 2 is 2.22 bits per heavy atom. The molecule has 2 rings (SSSR count). The quantitative estimate of drug-likeness (QED) is 0.352. The molecule has 0 atom stereocenters. The van der Waals surface area contributed by atoms with Crippen LogP contribution in [0.2, 0.25) is 0 Å². The molecule has 0 amide bonds.